The summed E-state index contributed by atoms with van der Waals surface area (Å²) in [5.41, 5.74) is 2.91. The molecule has 0 amide bonds. The molecule has 35 heavy (non-hydrogen) atoms. The summed E-state index contributed by atoms with van der Waals surface area (Å²) >= 11 is 6.04. The number of aliphatic carboxylic acids is 2. The number of carbonyl (C=O) groups is 2. The van der Waals surface area contributed by atoms with Gasteiger partial charge < -0.3 is 20.2 Å². The van der Waals surface area contributed by atoms with Crippen LogP contribution in [0.1, 0.15) is 18.1 Å². The number of carboxylic acids is 2. The van der Waals surface area contributed by atoms with Gasteiger partial charge in [0.15, 0.2) is 0 Å². The van der Waals surface area contributed by atoms with Crippen molar-refractivity contribution in [3.63, 3.8) is 0 Å². The number of hydrogen-bond donors (Lipinski definition) is 3. The van der Waals surface area contributed by atoms with E-state index in [1.807, 2.05) is 24.0 Å². The molecule has 0 radical (unpaired) electrons. The van der Waals surface area contributed by atoms with Crippen LogP contribution in [-0.4, -0.2) is 48.8 Å². The lowest BCUT2D eigenvalue weighted by atomic mass is 10.1. The average molecular weight is 493 g/mol. The minimum absolute atomic E-state index is 0.0458. The van der Waals surface area contributed by atoms with E-state index in [2.05, 4.69) is 10.2 Å². The maximum atomic E-state index is 11.1. The first-order valence-electron chi connectivity index (χ1n) is 10.6. The first-order chi connectivity index (χ1) is 16.8. The molecule has 3 aromatic carbocycles. The van der Waals surface area contributed by atoms with Crippen molar-refractivity contribution in [2.45, 2.75) is 13.5 Å². The molecule has 0 unspecified atom stereocenters. The maximum Gasteiger partial charge on any atom is 0.343 e. The number of phenols is 1. The van der Waals surface area contributed by atoms with Crippen molar-refractivity contribution in [3.05, 3.63) is 82.4 Å². The van der Waals surface area contributed by atoms with Crippen molar-refractivity contribution in [2.24, 2.45) is 0 Å². The second-order valence-electron chi connectivity index (χ2n) is 7.68. The number of hydrogen-bond acceptors (Lipinski definition) is 6. The third-order valence-electron chi connectivity index (χ3n) is 5.43. The van der Waals surface area contributed by atoms with Gasteiger partial charge >= 0.3 is 11.9 Å². The number of nitrogens with zero attached hydrogens (tertiary/aromatic N) is 4. The summed E-state index contributed by atoms with van der Waals surface area (Å²) in [6.45, 7) is 2.97. The van der Waals surface area contributed by atoms with Crippen molar-refractivity contribution in [1.82, 2.24) is 15.0 Å². The van der Waals surface area contributed by atoms with E-state index in [1.165, 1.54) is 4.80 Å². The lowest BCUT2D eigenvalue weighted by Gasteiger charge is -2.24. The highest BCUT2D eigenvalue weighted by Crippen LogP contribution is 2.29. The van der Waals surface area contributed by atoms with Gasteiger partial charge in [0.2, 0.25) is 0 Å². The molecule has 0 bridgehead atoms. The molecule has 0 saturated carbocycles. The Morgan fingerprint density at radius 3 is 2.34 bits per heavy atom. The van der Waals surface area contributed by atoms with E-state index in [0.29, 0.717) is 46.0 Å². The fourth-order valence-electron chi connectivity index (χ4n) is 3.62. The molecule has 4 aromatic rings. The lowest BCUT2D eigenvalue weighted by molar-refractivity contribution is -0.140. The Hall–Kier alpha value is -4.37. The number of phenolic OH excluding ortho intramolecular Hbond substituents is 1. The van der Waals surface area contributed by atoms with Crippen LogP contribution >= 0.6 is 11.6 Å². The number of halogens is 1. The average Bonchev–Trinajstić information content (AvgIpc) is 3.25. The van der Waals surface area contributed by atoms with Gasteiger partial charge in [0, 0.05) is 29.4 Å². The Bertz CT molecular complexity index is 1430. The lowest BCUT2D eigenvalue weighted by Crippen LogP contribution is -2.22. The van der Waals surface area contributed by atoms with Crippen molar-refractivity contribution in [1.29, 1.82) is 0 Å². The zero-order valence-corrected chi connectivity index (χ0v) is 19.3. The highest BCUT2D eigenvalue weighted by molar-refractivity contribution is 6.31. The Balaban J connectivity index is 1.60. The monoisotopic (exact) mass is 492 g/mol. The molecule has 0 spiro atoms. The zero-order chi connectivity index (χ0) is 25.1. The molecule has 0 aliphatic heterocycles. The predicted octanol–water partition coefficient (Wildman–Crippen LogP) is 4.36. The van der Waals surface area contributed by atoms with Gasteiger partial charge in [0.25, 0.3) is 0 Å². The standard InChI is InChI=1S/C25H21ClN4O5/c1-2-29(18-9-6-15(7-10-18)12-19(24(32)33)25(34)35)14-16-4-3-5-22(23(16)31)30-27-20-11-8-17(26)13-21(20)28-30/h3-13,31H,2,14H2,1H3,(H,32,33)(H,34,35). The van der Waals surface area contributed by atoms with E-state index in [0.717, 1.165) is 11.8 Å². The molecular weight excluding hydrogens is 472 g/mol. The van der Waals surface area contributed by atoms with E-state index in [-0.39, 0.29) is 5.75 Å². The van der Waals surface area contributed by atoms with Crippen LogP contribution in [0, 0.1) is 0 Å². The number of rotatable bonds is 8. The SMILES string of the molecule is CCN(Cc1cccc(-n2nc3ccc(Cl)cc3n2)c1O)c1ccc(C=C(C(=O)O)C(=O)O)cc1. The van der Waals surface area contributed by atoms with Gasteiger partial charge in [-0.2, -0.15) is 0 Å². The van der Waals surface area contributed by atoms with Gasteiger partial charge in [-0.05, 0) is 55.0 Å². The topological polar surface area (TPSA) is 129 Å². The molecule has 0 aliphatic rings. The smallest absolute Gasteiger partial charge is 0.343 e. The molecule has 178 valence electrons. The summed E-state index contributed by atoms with van der Waals surface area (Å²) < 4.78 is 0. The molecule has 0 saturated heterocycles. The highest BCUT2D eigenvalue weighted by Gasteiger charge is 2.17. The van der Waals surface area contributed by atoms with Gasteiger partial charge in [-0.1, -0.05) is 35.9 Å². The zero-order valence-electron chi connectivity index (χ0n) is 18.6. The van der Waals surface area contributed by atoms with E-state index < -0.39 is 17.5 Å². The summed E-state index contributed by atoms with van der Waals surface area (Å²) in [6, 6.07) is 17.4. The summed E-state index contributed by atoms with van der Waals surface area (Å²) in [5, 5.41) is 38.5. The van der Waals surface area contributed by atoms with Crippen LogP contribution in [0.5, 0.6) is 5.75 Å². The van der Waals surface area contributed by atoms with Crippen molar-refractivity contribution < 1.29 is 24.9 Å². The van der Waals surface area contributed by atoms with Gasteiger partial charge in [0.05, 0.1) is 0 Å². The number of aromatic hydroxyl groups is 1. The molecule has 0 atom stereocenters. The van der Waals surface area contributed by atoms with Crippen LogP contribution in [-0.2, 0) is 16.1 Å². The second kappa shape index (κ2) is 9.86. The Morgan fingerprint density at radius 1 is 1.00 bits per heavy atom. The molecule has 9 nitrogen and oxygen atoms in total. The minimum atomic E-state index is -1.50. The van der Waals surface area contributed by atoms with Crippen molar-refractivity contribution in [2.75, 3.05) is 11.4 Å². The van der Waals surface area contributed by atoms with E-state index >= 15 is 0 Å². The molecule has 1 aromatic heterocycles. The van der Waals surface area contributed by atoms with Gasteiger partial charge in [0.1, 0.15) is 28.0 Å². The van der Waals surface area contributed by atoms with Gasteiger partial charge in [-0.3, -0.25) is 0 Å². The first kappa shape index (κ1) is 23.8. The number of fused-ring (bicyclic) bond motifs is 1. The van der Waals surface area contributed by atoms with E-state index in [9.17, 15) is 14.7 Å². The van der Waals surface area contributed by atoms with Crippen molar-refractivity contribution in [3.8, 4) is 11.4 Å². The Kier molecular flexibility index (Phi) is 6.70. The van der Waals surface area contributed by atoms with Crippen LogP contribution in [0.2, 0.25) is 5.02 Å². The normalized spacial score (nSPS) is 10.8. The number of carboxylic acid groups (broad SMARTS) is 2. The van der Waals surface area contributed by atoms with Gasteiger partial charge in [-0.25, -0.2) is 9.59 Å². The van der Waals surface area contributed by atoms with Crippen LogP contribution in [0.25, 0.3) is 22.8 Å². The van der Waals surface area contributed by atoms with Crippen LogP contribution in [0.4, 0.5) is 5.69 Å². The molecular formula is C25H21ClN4O5. The molecule has 10 heteroatoms. The first-order valence-corrected chi connectivity index (χ1v) is 11.0. The Morgan fingerprint density at radius 2 is 1.69 bits per heavy atom. The van der Waals surface area contributed by atoms with Crippen LogP contribution in [0.3, 0.4) is 0 Å². The van der Waals surface area contributed by atoms with Crippen LogP contribution < -0.4 is 4.90 Å². The maximum absolute atomic E-state index is 11.1. The number of benzene rings is 3. The summed E-state index contributed by atoms with van der Waals surface area (Å²) in [5.74, 6) is -2.96. The largest absolute Gasteiger partial charge is 0.505 e. The second-order valence-corrected chi connectivity index (χ2v) is 8.12. The quantitative estimate of drug-likeness (QED) is 0.188. The Labute approximate surface area is 205 Å². The minimum Gasteiger partial charge on any atom is -0.505 e. The fourth-order valence-corrected chi connectivity index (χ4v) is 3.78. The fraction of sp³-hybridized carbons (Fsp3) is 0.120. The third-order valence-corrected chi connectivity index (χ3v) is 5.66. The highest BCUT2D eigenvalue weighted by atomic mass is 35.5. The third kappa shape index (κ3) is 5.10. The van der Waals surface area contributed by atoms with Crippen molar-refractivity contribution >= 4 is 46.3 Å². The number of aromatic nitrogens is 3. The number of anilines is 1. The molecule has 3 N–H and O–H groups in total. The summed E-state index contributed by atoms with van der Waals surface area (Å²) in [6.07, 6.45) is 1.11. The predicted molar refractivity (Wildman–Crippen MR) is 132 cm³/mol. The van der Waals surface area contributed by atoms with E-state index in [4.69, 9.17) is 21.8 Å². The molecule has 0 aliphatic carbocycles. The molecule has 4 rings (SSSR count). The van der Waals surface area contributed by atoms with Crippen LogP contribution in [0.15, 0.2) is 66.2 Å². The van der Waals surface area contributed by atoms with E-state index in [1.54, 1.807) is 48.5 Å². The van der Waals surface area contributed by atoms with Gasteiger partial charge in [-0.15, -0.1) is 15.0 Å². The summed E-state index contributed by atoms with van der Waals surface area (Å²) in [4.78, 5) is 25.6. The molecule has 1 heterocycles. The number of para-hydroxylation sites is 1. The summed E-state index contributed by atoms with van der Waals surface area (Å²) in [7, 11) is 0. The molecule has 0 fully saturated rings.